The SMILES string of the molecule is CCCCCCCCCCCCN1CCN(Cc2ccccc2)C1(C)Cl. The van der Waals surface area contributed by atoms with Crippen LogP contribution in [0.25, 0.3) is 0 Å². The Bertz CT molecular complexity index is 474. The number of unbranched alkanes of at least 4 members (excludes halogenated alkanes) is 9. The Balaban J connectivity index is 1.57. The molecule has 1 aliphatic rings. The zero-order valence-electron chi connectivity index (χ0n) is 17.1. The first-order chi connectivity index (χ1) is 12.6. The van der Waals surface area contributed by atoms with Crippen molar-refractivity contribution in [1.29, 1.82) is 0 Å². The number of benzene rings is 1. The lowest BCUT2D eigenvalue weighted by Gasteiger charge is -2.35. The fraction of sp³-hybridized carbons (Fsp3) is 0.739. The van der Waals surface area contributed by atoms with E-state index in [9.17, 15) is 0 Å². The zero-order chi connectivity index (χ0) is 18.7. The molecule has 1 atom stereocenters. The Morgan fingerprint density at radius 3 is 1.96 bits per heavy atom. The minimum absolute atomic E-state index is 0.338. The summed E-state index contributed by atoms with van der Waals surface area (Å²) in [7, 11) is 0. The number of hydrogen-bond acceptors (Lipinski definition) is 2. The van der Waals surface area contributed by atoms with Crippen LogP contribution in [-0.4, -0.2) is 34.6 Å². The summed E-state index contributed by atoms with van der Waals surface area (Å²) in [6.45, 7) is 8.67. The second-order valence-corrected chi connectivity index (χ2v) is 8.70. The van der Waals surface area contributed by atoms with Crippen LogP contribution in [0.1, 0.15) is 83.6 Å². The molecule has 0 bridgehead atoms. The van der Waals surface area contributed by atoms with Crippen LogP contribution in [0.4, 0.5) is 0 Å². The molecule has 0 radical (unpaired) electrons. The molecule has 2 nitrogen and oxygen atoms in total. The molecule has 1 heterocycles. The van der Waals surface area contributed by atoms with Crippen molar-refractivity contribution < 1.29 is 0 Å². The Morgan fingerprint density at radius 1 is 0.808 bits per heavy atom. The fourth-order valence-corrected chi connectivity index (χ4v) is 4.30. The van der Waals surface area contributed by atoms with E-state index in [1.54, 1.807) is 0 Å². The maximum absolute atomic E-state index is 6.92. The van der Waals surface area contributed by atoms with Gasteiger partial charge in [-0.05, 0) is 18.9 Å². The van der Waals surface area contributed by atoms with Crippen molar-refractivity contribution >= 4 is 11.6 Å². The molecule has 1 aromatic carbocycles. The average molecular weight is 379 g/mol. The van der Waals surface area contributed by atoms with Gasteiger partial charge in [-0.2, -0.15) is 0 Å². The molecule has 0 amide bonds. The summed E-state index contributed by atoms with van der Waals surface area (Å²) in [5, 5.41) is -0.338. The van der Waals surface area contributed by atoms with Crippen LogP contribution in [-0.2, 0) is 6.54 Å². The van der Waals surface area contributed by atoms with Gasteiger partial charge in [0.25, 0.3) is 0 Å². The highest BCUT2D eigenvalue weighted by Crippen LogP contribution is 2.32. The smallest absolute Gasteiger partial charge is 0.148 e. The van der Waals surface area contributed by atoms with Crippen LogP contribution in [0.2, 0.25) is 0 Å². The summed E-state index contributed by atoms with van der Waals surface area (Å²) in [4.78, 5) is 4.86. The Kier molecular flexibility index (Phi) is 10.0. The maximum Gasteiger partial charge on any atom is 0.148 e. The Labute approximate surface area is 166 Å². The topological polar surface area (TPSA) is 6.48 Å². The number of hydrogen-bond donors (Lipinski definition) is 0. The predicted octanol–water partition coefficient (Wildman–Crippen LogP) is 6.64. The van der Waals surface area contributed by atoms with Crippen molar-refractivity contribution in [3.8, 4) is 0 Å². The van der Waals surface area contributed by atoms with Crippen molar-refractivity contribution in [3.05, 3.63) is 35.9 Å². The molecule has 0 spiro atoms. The molecule has 148 valence electrons. The van der Waals surface area contributed by atoms with Crippen LogP contribution >= 0.6 is 11.6 Å². The van der Waals surface area contributed by atoms with E-state index >= 15 is 0 Å². The number of nitrogens with zero attached hydrogens (tertiary/aromatic N) is 2. The average Bonchev–Trinajstić information content (AvgIpc) is 2.91. The highest BCUT2D eigenvalue weighted by Gasteiger charge is 2.40. The van der Waals surface area contributed by atoms with Gasteiger partial charge in [-0.3, -0.25) is 9.80 Å². The molecule has 26 heavy (non-hydrogen) atoms. The van der Waals surface area contributed by atoms with Crippen LogP contribution in [0, 0.1) is 0 Å². The number of alkyl halides is 1. The van der Waals surface area contributed by atoms with Crippen molar-refractivity contribution in [2.24, 2.45) is 0 Å². The fourth-order valence-electron chi connectivity index (χ4n) is 3.98. The van der Waals surface area contributed by atoms with Crippen LogP contribution in [0.5, 0.6) is 0 Å². The monoisotopic (exact) mass is 378 g/mol. The van der Waals surface area contributed by atoms with Gasteiger partial charge in [-0.15, -0.1) is 0 Å². The summed E-state index contributed by atoms with van der Waals surface area (Å²) in [5.41, 5.74) is 1.35. The molecule has 1 aliphatic heterocycles. The third-order valence-electron chi connectivity index (χ3n) is 5.79. The van der Waals surface area contributed by atoms with Gasteiger partial charge in [0.15, 0.2) is 0 Å². The highest BCUT2D eigenvalue weighted by atomic mass is 35.5. The van der Waals surface area contributed by atoms with Gasteiger partial charge >= 0.3 is 0 Å². The van der Waals surface area contributed by atoms with E-state index in [0.717, 1.165) is 26.2 Å². The van der Waals surface area contributed by atoms with Crippen molar-refractivity contribution in [1.82, 2.24) is 9.80 Å². The molecule has 0 aliphatic carbocycles. The summed E-state index contributed by atoms with van der Waals surface area (Å²) in [6, 6.07) is 10.7. The zero-order valence-corrected chi connectivity index (χ0v) is 17.8. The molecule has 0 saturated carbocycles. The largest absolute Gasteiger partial charge is 0.272 e. The van der Waals surface area contributed by atoms with Gasteiger partial charge in [0, 0.05) is 26.2 Å². The van der Waals surface area contributed by atoms with E-state index in [1.165, 1.54) is 69.8 Å². The van der Waals surface area contributed by atoms with Gasteiger partial charge in [-0.1, -0.05) is 107 Å². The highest BCUT2D eigenvalue weighted by molar-refractivity contribution is 6.23. The van der Waals surface area contributed by atoms with E-state index in [0.29, 0.717) is 0 Å². The summed E-state index contributed by atoms with van der Waals surface area (Å²) in [5.74, 6) is 0. The van der Waals surface area contributed by atoms with Crippen LogP contribution < -0.4 is 0 Å². The molecule has 1 fully saturated rings. The Morgan fingerprint density at radius 2 is 1.35 bits per heavy atom. The van der Waals surface area contributed by atoms with Gasteiger partial charge in [0.1, 0.15) is 5.12 Å². The van der Waals surface area contributed by atoms with Crippen molar-refractivity contribution in [3.63, 3.8) is 0 Å². The Hall–Kier alpha value is -0.570. The van der Waals surface area contributed by atoms with E-state index < -0.39 is 0 Å². The van der Waals surface area contributed by atoms with Crippen LogP contribution in [0.3, 0.4) is 0 Å². The van der Waals surface area contributed by atoms with Gasteiger partial charge in [0.2, 0.25) is 0 Å². The summed E-state index contributed by atoms with van der Waals surface area (Å²) < 4.78 is 0. The predicted molar refractivity (Wildman–Crippen MR) is 115 cm³/mol. The van der Waals surface area contributed by atoms with Crippen LogP contribution in [0.15, 0.2) is 30.3 Å². The van der Waals surface area contributed by atoms with Gasteiger partial charge < -0.3 is 0 Å². The number of rotatable bonds is 13. The van der Waals surface area contributed by atoms with E-state index in [4.69, 9.17) is 11.6 Å². The maximum atomic E-state index is 6.92. The second-order valence-electron chi connectivity index (χ2n) is 7.98. The third kappa shape index (κ3) is 7.21. The van der Waals surface area contributed by atoms with Gasteiger partial charge in [0.05, 0.1) is 0 Å². The second kappa shape index (κ2) is 12.0. The lowest BCUT2D eigenvalue weighted by Crippen LogP contribution is -2.46. The molecular weight excluding hydrogens is 340 g/mol. The molecular formula is C23H39ClN2. The summed E-state index contributed by atoms with van der Waals surface area (Å²) >= 11 is 6.92. The minimum Gasteiger partial charge on any atom is -0.272 e. The van der Waals surface area contributed by atoms with E-state index in [2.05, 4.69) is 54.0 Å². The van der Waals surface area contributed by atoms with Gasteiger partial charge in [-0.25, -0.2) is 0 Å². The van der Waals surface area contributed by atoms with Crippen molar-refractivity contribution in [2.45, 2.75) is 89.7 Å². The molecule has 0 N–H and O–H groups in total. The quantitative estimate of drug-likeness (QED) is 0.215. The molecule has 1 aromatic rings. The van der Waals surface area contributed by atoms with Crippen molar-refractivity contribution in [2.75, 3.05) is 19.6 Å². The first kappa shape index (κ1) is 21.7. The first-order valence-electron chi connectivity index (χ1n) is 10.9. The minimum atomic E-state index is -0.338. The lowest BCUT2D eigenvalue weighted by molar-refractivity contribution is 0.104. The normalized spacial score (nSPS) is 21.5. The molecule has 2 rings (SSSR count). The molecule has 0 aromatic heterocycles. The lowest BCUT2D eigenvalue weighted by atomic mass is 10.1. The standard InChI is InChI=1S/C23H39ClN2/c1-3-4-5-6-7-8-9-10-11-15-18-25-19-20-26(23(25,2)24)21-22-16-13-12-14-17-22/h12-14,16-17H,3-11,15,18-21H2,1-2H3. The number of halogens is 1. The van der Waals surface area contributed by atoms with E-state index in [1.807, 2.05) is 0 Å². The third-order valence-corrected chi connectivity index (χ3v) is 6.27. The first-order valence-corrected chi connectivity index (χ1v) is 11.3. The molecule has 1 unspecified atom stereocenters. The molecule has 1 saturated heterocycles. The van der Waals surface area contributed by atoms with E-state index in [-0.39, 0.29) is 5.12 Å². The summed E-state index contributed by atoms with van der Waals surface area (Å²) in [6.07, 6.45) is 13.9. The molecule has 3 heteroatoms.